The summed E-state index contributed by atoms with van der Waals surface area (Å²) in [6, 6.07) is 20.2. The second-order valence-electron chi connectivity index (χ2n) is 7.53. The molecule has 2 aromatic carbocycles. The van der Waals surface area contributed by atoms with E-state index in [1.807, 2.05) is 42.5 Å². The van der Waals surface area contributed by atoms with Crippen molar-refractivity contribution >= 4 is 16.9 Å². The van der Waals surface area contributed by atoms with Gasteiger partial charge < -0.3 is 10.1 Å². The lowest BCUT2D eigenvalue weighted by Crippen LogP contribution is -2.43. The topological polar surface area (TPSA) is 95.2 Å². The fourth-order valence-electron chi connectivity index (χ4n) is 3.72. The van der Waals surface area contributed by atoms with Gasteiger partial charge in [0, 0.05) is 18.3 Å². The number of hydrogen-bond acceptors (Lipinski definition) is 5. The van der Waals surface area contributed by atoms with Gasteiger partial charge in [-0.2, -0.15) is 0 Å². The third kappa shape index (κ3) is 4.85. The first-order valence-corrected chi connectivity index (χ1v) is 10.6. The monoisotopic (exact) mass is 444 g/mol. The number of pyridine rings is 1. The molecule has 1 amide bonds. The largest absolute Gasteiger partial charge is 0.496 e. The van der Waals surface area contributed by atoms with Crippen molar-refractivity contribution in [3.8, 4) is 5.75 Å². The second kappa shape index (κ2) is 9.95. The average molecular weight is 444 g/mol. The predicted molar refractivity (Wildman–Crippen MR) is 126 cm³/mol. The summed E-state index contributed by atoms with van der Waals surface area (Å²) in [5, 5.41) is 3.11. The molecule has 0 bridgehead atoms. The summed E-state index contributed by atoms with van der Waals surface area (Å²) < 4.78 is 7.71. The van der Waals surface area contributed by atoms with Gasteiger partial charge in [0.25, 0.3) is 5.56 Å². The molecule has 0 saturated carbocycles. The third-order valence-electron chi connectivity index (χ3n) is 5.38. The summed E-state index contributed by atoms with van der Waals surface area (Å²) in [5.41, 5.74) is 0.904. The molecule has 8 heteroatoms. The van der Waals surface area contributed by atoms with Gasteiger partial charge in [-0.1, -0.05) is 48.5 Å². The smallest absolute Gasteiger partial charge is 0.333 e. The van der Waals surface area contributed by atoms with Crippen LogP contribution in [0.4, 0.5) is 0 Å². The van der Waals surface area contributed by atoms with Gasteiger partial charge in [-0.15, -0.1) is 0 Å². The maximum Gasteiger partial charge on any atom is 0.333 e. The minimum atomic E-state index is -0.602. The minimum absolute atomic E-state index is 0.0160. The summed E-state index contributed by atoms with van der Waals surface area (Å²) in [5.74, 6) is 0.239. The number of para-hydroxylation sites is 1. The van der Waals surface area contributed by atoms with Crippen LogP contribution in [0, 0.1) is 0 Å². The van der Waals surface area contributed by atoms with Gasteiger partial charge >= 0.3 is 5.69 Å². The molecule has 2 heterocycles. The second-order valence-corrected chi connectivity index (χ2v) is 7.53. The van der Waals surface area contributed by atoms with Crippen LogP contribution in [0.1, 0.15) is 11.1 Å². The Morgan fingerprint density at radius 1 is 0.970 bits per heavy atom. The molecule has 2 aromatic heterocycles. The standard InChI is InChI=1S/C25H24N4O4/c1-33-21-12-6-5-10-19(21)16-29-24(31)20-11-7-14-27-23(20)28(25(29)32)17-22(30)26-15-13-18-8-3-2-4-9-18/h2-12,14H,13,15-17H2,1H3,(H,26,30). The van der Waals surface area contributed by atoms with Crippen molar-refractivity contribution in [2.75, 3.05) is 13.7 Å². The maximum atomic E-state index is 13.3. The van der Waals surface area contributed by atoms with Gasteiger partial charge in [-0.25, -0.2) is 9.78 Å². The van der Waals surface area contributed by atoms with E-state index in [0.29, 0.717) is 24.3 Å². The van der Waals surface area contributed by atoms with Crippen LogP contribution >= 0.6 is 0 Å². The van der Waals surface area contributed by atoms with E-state index in [0.717, 1.165) is 10.1 Å². The first-order valence-electron chi connectivity index (χ1n) is 10.6. The van der Waals surface area contributed by atoms with Gasteiger partial charge in [0.05, 0.1) is 19.0 Å². The molecule has 0 aliphatic carbocycles. The maximum absolute atomic E-state index is 13.3. The van der Waals surface area contributed by atoms with E-state index in [2.05, 4.69) is 10.3 Å². The van der Waals surface area contributed by atoms with Crippen molar-refractivity contribution in [2.45, 2.75) is 19.5 Å². The van der Waals surface area contributed by atoms with E-state index < -0.39 is 11.2 Å². The lowest BCUT2D eigenvalue weighted by atomic mass is 10.1. The summed E-state index contributed by atoms with van der Waals surface area (Å²) in [6.07, 6.45) is 2.17. The quantitative estimate of drug-likeness (QED) is 0.448. The molecule has 4 aromatic rings. The fourth-order valence-corrected chi connectivity index (χ4v) is 3.72. The van der Waals surface area contributed by atoms with Crippen LogP contribution in [-0.2, 0) is 24.3 Å². The van der Waals surface area contributed by atoms with Crippen molar-refractivity contribution in [2.24, 2.45) is 0 Å². The van der Waals surface area contributed by atoms with Crippen LogP contribution in [0.15, 0.2) is 82.5 Å². The molecule has 33 heavy (non-hydrogen) atoms. The summed E-state index contributed by atoms with van der Waals surface area (Å²) in [6.45, 7) is 0.208. The van der Waals surface area contributed by atoms with Crippen molar-refractivity contribution < 1.29 is 9.53 Å². The van der Waals surface area contributed by atoms with E-state index in [-0.39, 0.29) is 30.0 Å². The highest BCUT2D eigenvalue weighted by Crippen LogP contribution is 2.17. The first kappa shape index (κ1) is 22.0. The minimum Gasteiger partial charge on any atom is -0.496 e. The predicted octanol–water partition coefficient (Wildman–Crippen LogP) is 1.97. The van der Waals surface area contributed by atoms with E-state index in [4.69, 9.17) is 4.74 Å². The number of amides is 1. The van der Waals surface area contributed by atoms with Gasteiger partial charge in [0.1, 0.15) is 17.9 Å². The molecule has 1 N–H and O–H groups in total. The Bertz CT molecular complexity index is 1390. The zero-order valence-electron chi connectivity index (χ0n) is 18.2. The normalized spacial score (nSPS) is 10.8. The molecule has 0 unspecified atom stereocenters. The summed E-state index contributed by atoms with van der Waals surface area (Å²) in [7, 11) is 1.53. The lowest BCUT2D eigenvalue weighted by molar-refractivity contribution is -0.121. The molecule has 168 valence electrons. The van der Waals surface area contributed by atoms with Gasteiger partial charge in [-0.05, 0) is 30.2 Å². The Morgan fingerprint density at radius 2 is 1.73 bits per heavy atom. The third-order valence-corrected chi connectivity index (χ3v) is 5.38. The van der Waals surface area contributed by atoms with E-state index >= 15 is 0 Å². The fraction of sp³-hybridized carbons (Fsp3) is 0.200. The van der Waals surface area contributed by atoms with Crippen LogP contribution in [0.25, 0.3) is 11.0 Å². The van der Waals surface area contributed by atoms with Gasteiger partial charge in [-0.3, -0.25) is 18.7 Å². The van der Waals surface area contributed by atoms with E-state index in [1.165, 1.54) is 17.9 Å². The van der Waals surface area contributed by atoms with Crippen molar-refractivity contribution in [1.82, 2.24) is 19.4 Å². The van der Waals surface area contributed by atoms with Crippen molar-refractivity contribution in [3.63, 3.8) is 0 Å². The van der Waals surface area contributed by atoms with Crippen molar-refractivity contribution in [1.29, 1.82) is 0 Å². The molecule has 0 radical (unpaired) electrons. The van der Waals surface area contributed by atoms with Crippen LogP contribution in [0.2, 0.25) is 0 Å². The number of fused-ring (bicyclic) bond motifs is 1. The highest BCUT2D eigenvalue weighted by Gasteiger charge is 2.17. The number of hydrogen-bond donors (Lipinski definition) is 1. The number of carbonyl (C=O) groups is 1. The van der Waals surface area contributed by atoms with E-state index in [9.17, 15) is 14.4 Å². The number of nitrogens with one attached hydrogen (secondary N) is 1. The molecule has 0 spiro atoms. The Kier molecular flexibility index (Phi) is 6.64. The van der Waals surface area contributed by atoms with Crippen LogP contribution in [-0.4, -0.2) is 33.7 Å². The molecule has 0 fully saturated rings. The number of carbonyl (C=O) groups excluding carboxylic acids is 1. The molecule has 0 saturated heterocycles. The van der Waals surface area contributed by atoms with Crippen molar-refractivity contribution in [3.05, 3.63) is 105 Å². The Hall–Kier alpha value is -4.20. The molecule has 0 aliphatic rings. The van der Waals surface area contributed by atoms with Crippen LogP contribution in [0.5, 0.6) is 5.75 Å². The summed E-state index contributed by atoms with van der Waals surface area (Å²) in [4.78, 5) is 43.3. The van der Waals surface area contributed by atoms with Crippen LogP contribution < -0.4 is 21.3 Å². The Morgan fingerprint density at radius 3 is 2.52 bits per heavy atom. The van der Waals surface area contributed by atoms with Gasteiger partial charge in [0.15, 0.2) is 0 Å². The number of aromatic nitrogens is 3. The van der Waals surface area contributed by atoms with Crippen LogP contribution in [0.3, 0.4) is 0 Å². The zero-order chi connectivity index (χ0) is 23.2. The number of ether oxygens (including phenoxy) is 1. The molecule has 0 aliphatic heterocycles. The van der Waals surface area contributed by atoms with E-state index in [1.54, 1.807) is 24.3 Å². The first-order chi connectivity index (χ1) is 16.1. The summed E-state index contributed by atoms with van der Waals surface area (Å²) >= 11 is 0. The number of benzene rings is 2. The molecular weight excluding hydrogens is 420 g/mol. The number of rotatable bonds is 8. The van der Waals surface area contributed by atoms with Gasteiger partial charge in [0.2, 0.25) is 5.91 Å². The number of methoxy groups -OCH3 is 1. The zero-order valence-corrected chi connectivity index (χ0v) is 18.2. The molecule has 4 rings (SSSR count). The Balaban J connectivity index is 1.64. The molecular formula is C25H24N4O4. The average Bonchev–Trinajstić information content (AvgIpc) is 2.85. The number of nitrogens with zero attached hydrogens (tertiary/aromatic N) is 3. The molecule has 0 atom stereocenters. The Labute approximate surface area is 190 Å². The highest BCUT2D eigenvalue weighted by molar-refractivity contribution is 5.79. The lowest BCUT2D eigenvalue weighted by Gasteiger charge is -2.14. The highest BCUT2D eigenvalue weighted by atomic mass is 16.5. The molecule has 8 nitrogen and oxygen atoms in total. The SMILES string of the molecule is COc1ccccc1Cn1c(=O)c2cccnc2n(CC(=O)NCCc2ccccc2)c1=O.